The number of nitrogens with two attached hydrogens (primary N) is 1. The molecule has 1 saturated carbocycles. The zero-order chi connectivity index (χ0) is 14.0. The van der Waals surface area contributed by atoms with E-state index in [-0.39, 0.29) is 11.6 Å². The number of hydrogen-bond donors (Lipinski definition) is 1. The predicted octanol–water partition coefficient (Wildman–Crippen LogP) is 2.19. The lowest BCUT2D eigenvalue weighted by Gasteiger charge is -2.42. The Kier molecular flexibility index (Phi) is 4.31. The first-order valence-corrected chi connectivity index (χ1v) is 7.27. The molecule has 0 saturated heterocycles. The maximum atomic E-state index is 6.48. The minimum Gasteiger partial charge on any atom is -0.377 e. The van der Waals surface area contributed by atoms with Gasteiger partial charge in [0.15, 0.2) is 0 Å². The van der Waals surface area contributed by atoms with Gasteiger partial charge >= 0.3 is 0 Å². The van der Waals surface area contributed by atoms with Crippen LogP contribution < -0.4 is 5.73 Å². The molecule has 0 amide bonds. The monoisotopic (exact) mass is 265 g/mol. The Balaban J connectivity index is 2.08. The van der Waals surface area contributed by atoms with Crippen LogP contribution in [-0.2, 0) is 18.2 Å². The van der Waals surface area contributed by atoms with E-state index in [1.165, 1.54) is 18.5 Å². The summed E-state index contributed by atoms with van der Waals surface area (Å²) < 4.78 is 7.79. The van der Waals surface area contributed by atoms with Crippen LogP contribution in [-0.4, -0.2) is 28.5 Å². The van der Waals surface area contributed by atoms with Crippen LogP contribution in [0.5, 0.6) is 0 Å². The van der Waals surface area contributed by atoms with Crippen LogP contribution in [0.2, 0.25) is 0 Å². The largest absolute Gasteiger partial charge is 0.377 e. The molecule has 0 aliphatic heterocycles. The van der Waals surface area contributed by atoms with E-state index in [0.29, 0.717) is 0 Å². The molecule has 1 aliphatic carbocycles. The summed E-state index contributed by atoms with van der Waals surface area (Å²) in [6.45, 7) is 4.33. The smallest absolute Gasteiger partial charge is 0.0832 e. The molecule has 2 N–H and O–H groups in total. The topological polar surface area (TPSA) is 53.1 Å². The number of nitrogens with zero attached hydrogens (tertiary/aromatic N) is 2. The maximum Gasteiger partial charge on any atom is 0.0832 e. The molecule has 108 valence electrons. The Labute approximate surface area is 116 Å². The average molecular weight is 265 g/mol. The number of aryl methyl sites for hydroxylation is 2. The summed E-state index contributed by atoms with van der Waals surface area (Å²) in [5, 5.41) is 4.39. The van der Waals surface area contributed by atoms with E-state index in [1.807, 2.05) is 25.8 Å². The lowest BCUT2D eigenvalue weighted by molar-refractivity contribution is -0.0662. The Morgan fingerprint density at radius 3 is 2.63 bits per heavy atom. The quantitative estimate of drug-likeness (QED) is 0.908. The van der Waals surface area contributed by atoms with E-state index < -0.39 is 0 Å². The second-order valence-electron chi connectivity index (χ2n) is 6.16. The molecule has 1 aliphatic rings. The lowest BCUT2D eigenvalue weighted by Crippen LogP contribution is -2.52. The van der Waals surface area contributed by atoms with Crippen molar-refractivity contribution in [1.29, 1.82) is 0 Å². The molecule has 2 rings (SSSR count). The Morgan fingerprint density at radius 2 is 2.16 bits per heavy atom. The molecule has 1 heterocycles. The van der Waals surface area contributed by atoms with Gasteiger partial charge in [-0.25, -0.2) is 0 Å². The summed E-state index contributed by atoms with van der Waals surface area (Å²) in [6, 6.07) is 2.16. The van der Waals surface area contributed by atoms with E-state index in [2.05, 4.69) is 18.1 Å². The van der Waals surface area contributed by atoms with E-state index in [4.69, 9.17) is 10.5 Å². The fourth-order valence-corrected chi connectivity index (χ4v) is 3.24. The second-order valence-corrected chi connectivity index (χ2v) is 6.16. The van der Waals surface area contributed by atoms with Crippen LogP contribution in [0.15, 0.2) is 6.07 Å². The number of aromatic nitrogens is 2. The highest BCUT2D eigenvalue weighted by molar-refractivity contribution is 5.12. The van der Waals surface area contributed by atoms with Crippen molar-refractivity contribution in [3.05, 3.63) is 17.5 Å². The fraction of sp³-hybridized carbons (Fsp3) is 0.800. The van der Waals surface area contributed by atoms with Gasteiger partial charge in [-0.05, 0) is 44.6 Å². The van der Waals surface area contributed by atoms with Gasteiger partial charge in [0, 0.05) is 32.3 Å². The van der Waals surface area contributed by atoms with Crippen LogP contribution in [0.3, 0.4) is 0 Å². The van der Waals surface area contributed by atoms with Crippen LogP contribution in [0.1, 0.15) is 44.0 Å². The lowest BCUT2D eigenvalue weighted by atomic mass is 9.74. The summed E-state index contributed by atoms with van der Waals surface area (Å²) >= 11 is 0. The van der Waals surface area contributed by atoms with Crippen molar-refractivity contribution in [3.63, 3.8) is 0 Å². The third kappa shape index (κ3) is 3.00. The van der Waals surface area contributed by atoms with E-state index in [1.54, 1.807) is 0 Å². The molecule has 1 aromatic rings. The first kappa shape index (κ1) is 14.5. The second kappa shape index (κ2) is 5.63. The normalized spacial score (nSPS) is 29.4. The molecule has 4 heteroatoms. The van der Waals surface area contributed by atoms with Crippen molar-refractivity contribution in [3.8, 4) is 0 Å². The summed E-state index contributed by atoms with van der Waals surface area (Å²) in [7, 11) is 3.79. The molecule has 1 unspecified atom stereocenters. The van der Waals surface area contributed by atoms with Gasteiger partial charge in [-0.3, -0.25) is 4.68 Å². The number of rotatable bonds is 4. The molecular formula is C15H27N3O. The zero-order valence-electron chi connectivity index (χ0n) is 12.6. The first-order chi connectivity index (χ1) is 8.97. The highest BCUT2D eigenvalue weighted by atomic mass is 16.5. The number of hydrogen-bond acceptors (Lipinski definition) is 3. The van der Waals surface area contributed by atoms with Gasteiger partial charge in [0.05, 0.1) is 11.3 Å². The van der Waals surface area contributed by atoms with Gasteiger partial charge < -0.3 is 10.5 Å². The van der Waals surface area contributed by atoms with Gasteiger partial charge in [-0.2, -0.15) is 5.10 Å². The predicted molar refractivity (Wildman–Crippen MR) is 77.0 cm³/mol. The van der Waals surface area contributed by atoms with Gasteiger partial charge in [0.1, 0.15) is 0 Å². The third-order valence-electron chi connectivity index (χ3n) is 4.73. The molecule has 0 aromatic carbocycles. The van der Waals surface area contributed by atoms with Crippen molar-refractivity contribution in [2.45, 2.75) is 57.6 Å². The summed E-state index contributed by atoms with van der Waals surface area (Å²) in [5.74, 6) is 0.800. The highest BCUT2D eigenvalue weighted by Gasteiger charge is 2.39. The standard InChI is InChI=1S/C15H27N3O/c1-11-5-7-15(19-4,8-6-11)14(16)10-13-9-12(2)17-18(13)3/h9,11,14H,5-8,10,16H2,1-4H3. The summed E-state index contributed by atoms with van der Waals surface area (Å²) in [6.07, 6.45) is 5.41. The zero-order valence-corrected chi connectivity index (χ0v) is 12.6. The first-order valence-electron chi connectivity index (χ1n) is 7.27. The Hall–Kier alpha value is -0.870. The number of methoxy groups -OCH3 is 1. The molecule has 0 spiro atoms. The molecular weight excluding hydrogens is 238 g/mol. The van der Waals surface area contributed by atoms with Crippen LogP contribution >= 0.6 is 0 Å². The van der Waals surface area contributed by atoms with Crippen LogP contribution in [0.4, 0.5) is 0 Å². The van der Waals surface area contributed by atoms with Gasteiger partial charge in [0.25, 0.3) is 0 Å². The minimum absolute atomic E-state index is 0.0415. The minimum atomic E-state index is -0.148. The van der Waals surface area contributed by atoms with Crippen LogP contribution in [0, 0.1) is 12.8 Å². The van der Waals surface area contributed by atoms with E-state index >= 15 is 0 Å². The molecule has 0 radical (unpaired) electrons. The Morgan fingerprint density at radius 1 is 1.53 bits per heavy atom. The number of ether oxygens (including phenoxy) is 1. The van der Waals surface area contributed by atoms with Crippen molar-refractivity contribution < 1.29 is 4.74 Å². The Bertz CT molecular complexity index is 419. The van der Waals surface area contributed by atoms with Gasteiger partial charge in [0.2, 0.25) is 0 Å². The highest BCUT2D eigenvalue weighted by Crippen LogP contribution is 2.37. The van der Waals surface area contributed by atoms with Crippen LogP contribution in [0.25, 0.3) is 0 Å². The average Bonchev–Trinajstić information content (AvgIpc) is 2.69. The van der Waals surface area contributed by atoms with Crippen molar-refractivity contribution in [2.24, 2.45) is 18.7 Å². The summed E-state index contributed by atoms with van der Waals surface area (Å²) in [5.41, 5.74) is 8.58. The molecule has 0 bridgehead atoms. The van der Waals surface area contributed by atoms with Gasteiger partial charge in [-0.15, -0.1) is 0 Å². The molecule has 4 nitrogen and oxygen atoms in total. The van der Waals surface area contributed by atoms with Crippen molar-refractivity contribution in [1.82, 2.24) is 9.78 Å². The van der Waals surface area contributed by atoms with E-state index in [0.717, 1.165) is 30.9 Å². The fourth-order valence-electron chi connectivity index (χ4n) is 3.24. The molecule has 1 fully saturated rings. The molecule has 1 atom stereocenters. The van der Waals surface area contributed by atoms with E-state index in [9.17, 15) is 0 Å². The van der Waals surface area contributed by atoms with Crippen molar-refractivity contribution >= 4 is 0 Å². The summed E-state index contributed by atoms with van der Waals surface area (Å²) in [4.78, 5) is 0. The SMILES string of the molecule is COC1(C(N)Cc2cc(C)nn2C)CCC(C)CC1. The molecule has 19 heavy (non-hydrogen) atoms. The molecule has 1 aromatic heterocycles. The third-order valence-corrected chi connectivity index (χ3v) is 4.73. The van der Waals surface area contributed by atoms with Crippen molar-refractivity contribution in [2.75, 3.05) is 7.11 Å². The maximum absolute atomic E-state index is 6.48. The van der Waals surface area contributed by atoms with Gasteiger partial charge in [-0.1, -0.05) is 6.92 Å².